The third kappa shape index (κ3) is 5.30. The highest BCUT2D eigenvalue weighted by Crippen LogP contribution is 2.46. The minimum absolute atomic E-state index is 0.0351. The van der Waals surface area contributed by atoms with Crippen LogP contribution in [0.4, 0.5) is 27.6 Å². The number of aryl methyl sites for hydroxylation is 1. The summed E-state index contributed by atoms with van der Waals surface area (Å²) in [5.41, 5.74) is -4.81. The van der Waals surface area contributed by atoms with Gasteiger partial charge in [0.1, 0.15) is 11.2 Å². The van der Waals surface area contributed by atoms with Crippen LogP contribution in [-0.2, 0) is 21.7 Å². The summed E-state index contributed by atoms with van der Waals surface area (Å²) in [6.45, 7) is 2.40. The molecule has 4 rings (SSSR count). The van der Waals surface area contributed by atoms with Gasteiger partial charge in [0.25, 0.3) is 11.8 Å². The number of aromatic nitrogens is 3. The van der Waals surface area contributed by atoms with Crippen molar-refractivity contribution in [2.24, 2.45) is 0 Å². The van der Waals surface area contributed by atoms with E-state index in [1.54, 1.807) is 0 Å². The topological polar surface area (TPSA) is 111 Å². The predicted octanol–water partition coefficient (Wildman–Crippen LogP) is 5.44. The predicted molar refractivity (Wildman–Crippen MR) is 125 cm³/mol. The number of amides is 1. The van der Waals surface area contributed by atoms with Gasteiger partial charge in [0.15, 0.2) is 15.5 Å². The second-order valence-corrected chi connectivity index (χ2v) is 11.0. The van der Waals surface area contributed by atoms with Crippen LogP contribution in [0.5, 0.6) is 11.8 Å². The van der Waals surface area contributed by atoms with Crippen LogP contribution in [0.25, 0.3) is 0 Å². The number of nitrogens with zero attached hydrogens (tertiary/aromatic N) is 3. The van der Waals surface area contributed by atoms with Crippen LogP contribution in [0.1, 0.15) is 52.0 Å². The highest BCUT2D eigenvalue weighted by atomic mass is 32.2. The second kappa shape index (κ2) is 9.57. The number of hydrogen-bond donors (Lipinski definition) is 1. The average molecular weight is 557 g/mol. The monoisotopic (exact) mass is 556 g/mol. The number of carbonyl (C=O) groups is 1. The van der Waals surface area contributed by atoms with E-state index in [9.17, 15) is 35.2 Å². The molecule has 2 heterocycles. The van der Waals surface area contributed by atoms with Crippen molar-refractivity contribution in [1.29, 1.82) is 0 Å². The molecule has 1 aliphatic carbocycles. The summed E-state index contributed by atoms with van der Waals surface area (Å²) >= 11 is 0. The van der Waals surface area contributed by atoms with Crippen molar-refractivity contribution >= 4 is 21.4 Å². The molecular weight excluding hydrogens is 535 g/mol. The number of halogens is 5. The SMILES string of the molecule is Cc1cc(C2(F)CCC2)c(F)nc1Oc1nnc(C(F)(F)F)c(C)c1C(=O)Nc1cccc(S(C)(=O)=O)c1. The number of anilines is 1. The molecule has 0 unspecified atom stereocenters. The zero-order valence-electron chi connectivity index (χ0n) is 20.3. The summed E-state index contributed by atoms with van der Waals surface area (Å²) in [4.78, 5) is 16.6. The minimum atomic E-state index is -4.97. The molecule has 0 aliphatic heterocycles. The molecule has 1 aromatic carbocycles. The molecule has 1 saturated carbocycles. The number of benzene rings is 1. The van der Waals surface area contributed by atoms with Gasteiger partial charge >= 0.3 is 6.18 Å². The van der Waals surface area contributed by atoms with Gasteiger partial charge in [0.2, 0.25) is 11.8 Å². The third-order valence-electron chi connectivity index (χ3n) is 6.14. The number of sulfone groups is 1. The van der Waals surface area contributed by atoms with E-state index in [4.69, 9.17) is 4.74 Å². The van der Waals surface area contributed by atoms with Gasteiger partial charge in [-0.25, -0.2) is 12.8 Å². The summed E-state index contributed by atoms with van der Waals surface area (Å²) in [6.07, 6.45) is -3.19. The minimum Gasteiger partial charge on any atom is -0.418 e. The molecule has 3 aromatic rings. The van der Waals surface area contributed by atoms with Crippen LogP contribution in [0.2, 0.25) is 0 Å². The van der Waals surface area contributed by atoms with Crippen LogP contribution >= 0.6 is 0 Å². The molecule has 0 atom stereocenters. The maximum atomic E-state index is 14.8. The lowest BCUT2D eigenvalue weighted by Gasteiger charge is -2.34. The molecule has 1 amide bonds. The molecule has 0 saturated heterocycles. The Bertz CT molecular complexity index is 1540. The summed E-state index contributed by atoms with van der Waals surface area (Å²) in [5.74, 6) is -3.45. The van der Waals surface area contributed by atoms with Crippen molar-refractivity contribution in [3.63, 3.8) is 0 Å². The van der Waals surface area contributed by atoms with Crippen LogP contribution < -0.4 is 10.1 Å². The van der Waals surface area contributed by atoms with Gasteiger partial charge in [-0.1, -0.05) is 6.07 Å². The Morgan fingerprint density at radius 1 is 1.11 bits per heavy atom. The molecule has 0 bridgehead atoms. The number of ether oxygens (including phenoxy) is 1. The Morgan fingerprint density at radius 3 is 2.37 bits per heavy atom. The van der Waals surface area contributed by atoms with Crippen molar-refractivity contribution < 1.29 is 39.9 Å². The van der Waals surface area contributed by atoms with Crippen LogP contribution in [0.3, 0.4) is 0 Å². The smallest absolute Gasteiger partial charge is 0.418 e. The molecule has 1 N–H and O–H groups in total. The summed E-state index contributed by atoms with van der Waals surface area (Å²) in [6, 6.07) is 6.25. The molecule has 1 fully saturated rings. The van der Waals surface area contributed by atoms with E-state index in [0.29, 0.717) is 6.42 Å². The number of rotatable bonds is 6. The van der Waals surface area contributed by atoms with Gasteiger partial charge < -0.3 is 10.1 Å². The van der Waals surface area contributed by atoms with Crippen molar-refractivity contribution in [3.8, 4) is 11.8 Å². The van der Waals surface area contributed by atoms with Crippen molar-refractivity contribution in [2.45, 2.75) is 49.9 Å². The van der Waals surface area contributed by atoms with Crippen LogP contribution in [0.15, 0.2) is 35.2 Å². The lowest BCUT2D eigenvalue weighted by molar-refractivity contribution is -0.142. The summed E-state index contributed by atoms with van der Waals surface area (Å²) in [5, 5.41) is 8.86. The highest BCUT2D eigenvalue weighted by molar-refractivity contribution is 7.90. The Balaban J connectivity index is 1.76. The van der Waals surface area contributed by atoms with Crippen molar-refractivity contribution in [3.05, 3.63) is 64.2 Å². The molecule has 14 heteroatoms. The Kier molecular flexibility index (Phi) is 6.89. The van der Waals surface area contributed by atoms with Gasteiger partial charge in [-0.15, -0.1) is 10.2 Å². The first-order chi connectivity index (χ1) is 17.6. The fraction of sp³-hybridized carbons (Fsp3) is 0.333. The van der Waals surface area contributed by atoms with E-state index >= 15 is 0 Å². The van der Waals surface area contributed by atoms with Gasteiger partial charge in [0, 0.05) is 23.1 Å². The van der Waals surface area contributed by atoms with E-state index in [-0.39, 0.29) is 34.6 Å². The molecule has 2 aromatic heterocycles. The maximum absolute atomic E-state index is 14.8. The molecule has 0 spiro atoms. The van der Waals surface area contributed by atoms with Gasteiger partial charge in [-0.05, 0) is 62.9 Å². The zero-order chi connectivity index (χ0) is 28.0. The lowest BCUT2D eigenvalue weighted by atomic mass is 9.77. The van der Waals surface area contributed by atoms with E-state index in [1.807, 2.05) is 0 Å². The second-order valence-electron chi connectivity index (χ2n) is 8.98. The zero-order valence-corrected chi connectivity index (χ0v) is 21.1. The fourth-order valence-corrected chi connectivity index (χ4v) is 4.61. The standard InChI is InChI=1S/C24H21F5N4O4S/c1-12-10-16(23(26)8-5-9-23)19(25)31-21(12)37-22-17(13(2)18(32-33-22)24(27,28)29)20(34)30-14-6-4-7-15(11-14)38(3,35)36/h4,6-7,10-11H,5,8-9H2,1-3H3,(H,30,34). The van der Waals surface area contributed by atoms with Gasteiger partial charge in [0.05, 0.1) is 4.90 Å². The molecule has 8 nitrogen and oxygen atoms in total. The first kappa shape index (κ1) is 27.4. The van der Waals surface area contributed by atoms with E-state index < -0.39 is 62.1 Å². The summed E-state index contributed by atoms with van der Waals surface area (Å²) < 4.78 is 99.2. The van der Waals surface area contributed by atoms with Crippen molar-refractivity contribution in [2.75, 3.05) is 11.6 Å². The average Bonchev–Trinajstić information content (AvgIpc) is 2.78. The number of pyridine rings is 1. The molecular formula is C24H21F5N4O4S. The first-order valence-corrected chi connectivity index (χ1v) is 13.1. The molecule has 1 aliphatic rings. The molecule has 38 heavy (non-hydrogen) atoms. The number of nitrogens with one attached hydrogen (secondary N) is 1. The number of alkyl halides is 4. The van der Waals surface area contributed by atoms with E-state index in [2.05, 4.69) is 20.5 Å². The van der Waals surface area contributed by atoms with Gasteiger partial charge in [-0.2, -0.15) is 22.5 Å². The maximum Gasteiger partial charge on any atom is 0.435 e. The fourth-order valence-electron chi connectivity index (χ4n) is 3.95. The Labute approximate surface area is 214 Å². The third-order valence-corrected chi connectivity index (χ3v) is 7.25. The van der Waals surface area contributed by atoms with Crippen LogP contribution in [0, 0.1) is 19.8 Å². The Morgan fingerprint density at radius 2 is 1.79 bits per heavy atom. The first-order valence-electron chi connectivity index (χ1n) is 11.2. The normalized spacial score (nSPS) is 15.1. The highest BCUT2D eigenvalue weighted by Gasteiger charge is 2.42. The largest absolute Gasteiger partial charge is 0.435 e. The summed E-state index contributed by atoms with van der Waals surface area (Å²) in [7, 11) is -3.65. The molecule has 0 radical (unpaired) electrons. The number of carbonyl (C=O) groups excluding carboxylic acids is 1. The van der Waals surface area contributed by atoms with Crippen molar-refractivity contribution in [1.82, 2.24) is 15.2 Å². The van der Waals surface area contributed by atoms with Gasteiger partial charge in [-0.3, -0.25) is 4.79 Å². The van der Waals surface area contributed by atoms with E-state index in [1.165, 1.54) is 31.2 Å². The quantitative estimate of drug-likeness (QED) is 0.318. The van der Waals surface area contributed by atoms with Crippen LogP contribution in [-0.4, -0.2) is 35.8 Å². The van der Waals surface area contributed by atoms with E-state index in [0.717, 1.165) is 19.2 Å². The number of hydrogen-bond acceptors (Lipinski definition) is 7. The lowest BCUT2D eigenvalue weighted by Crippen LogP contribution is -2.30. The Hall–Kier alpha value is -3.68. The molecule has 202 valence electrons.